The van der Waals surface area contributed by atoms with E-state index in [9.17, 15) is 33.0 Å². The zero-order valence-corrected chi connectivity index (χ0v) is 19.6. The molecular weight excluding hydrogens is 485 g/mol. The number of methoxy groups -OCH3 is 1. The summed E-state index contributed by atoms with van der Waals surface area (Å²) in [5, 5.41) is 32.5. The quantitative estimate of drug-likeness (QED) is 0.345. The second-order valence-electron chi connectivity index (χ2n) is 8.48. The zero-order valence-electron chi connectivity index (χ0n) is 19.6. The number of fused-ring (bicyclic) bond motifs is 3. The molecule has 1 aliphatic heterocycles. The van der Waals surface area contributed by atoms with Crippen LogP contribution in [-0.4, -0.2) is 83.3 Å². The maximum Gasteiger partial charge on any atom is 0.406 e. The molecule has 198 valence electrons. The van der Waals surface area contributed by atoms with Crippen LogP contribution in [0.3, 0.4) is 0 Å². The molecule has 1 aliphatic carbocycles. The van der Waals surface area contributed by atoms with Crippen LogP contribution in [0.5, 0.6) is 11.5 Å². The molecule has 1 heterocycles. The Bertz CT molecular complexity index is 1030. The lowest BCUT2D eigenvalue weighted by molar-refractivity contribution is -0.170. The van der Waals surface area contributed by atoms with E-state index < -0.39 is 48.7 Å². The predicted octanol–water partition coefficient (Wildman–Crippen LogP) is 1.17. The van der Waals surface area contributed by atoms with E-state index in [1.165, 1.54) is 19.3 Å². The van der Waals surface area contributed by atoms with Crippen LogP contribution in [0, 0.1) is 0 Å². The fraction of sp³-hybridized carbons (Fsp3) is 0.500. The van der Waals surface area contributed by atoms with Crippen LogP contribution in [-0.2, 0) is 16.2 Å². The summed E-state index contributed by atoms with van der Waals surface area (Å²) in [4.78, 5) is 26.3. The Balaban J connectivity index is 2.13. The maximum absolute atomic E-state index is 13.5. The van der Waals surface area contributed by atoms with Gasteiger partial charge in [0, 0.05) is 24.1 Å². The van der Waals surface area contributed by atoms with E-state index in [1.54, 1.807) is 6.07 Å². The lowest BCUT2D eigenvalue weighted by Gasteiger charge is -2.41. The van der Waals surface area contributed by atoms with Gasteiger partial charge in [-0.15, -0.1) is 6.58 Å². The predicted molar refractivity (Wildman–Crippen MR) is 121 cm³/mol. The summed E-state index contributed by atoms with van der Waals surface area (Å²) >= 11 is 0. The number of aliphatic hydroxyl groups excluding tert-OH is 3. The van der Waals surface area contributed by atoms with Gasteiger partial charge in [-0.1, -0.05) is 6.08 Å². The third kappa shape index (κ3) is 5.66. The molecule has 0 aromatic heterocycles. The van der Waals surface area contributed by atoms with E-state index in [-0.39, 0.29) is 49.7 Å². The van der Waals surface area contributed by atoms with Crippen molar-refractivity contribution in [1.82, 2.24) is 10.2 Å². The highest BCUT2D eigenvalue weighted by Gasteiger charge is 2.52. The lowest BCUT2D eigenvalue weighted by atomic mass is 9.77. The summed E-state index contributed by atoms with van der Waals surface area (Å²) in [6, 6.07) is 1.54. The monoisotopic (exact) mass is 514 g/mol. The van der Waals surface area contributed by atoms with Crippen molar-refractivity contribution in [2.45, 2.75) is 49.8 Å². The second-order valence-corrected chi connectivity index (χ2v) is 8.48. The number of nitrogens with zero attached hydrogens (tertiary/aromatic N) is 1. The van der Waals surface area contributed by atoms with Crippen LogP contribution in [0.1, 0.15) is 29.9 Å². The van der Waals surface area contributed by atoms with E-state index in [0.29, 0.717) is 16.0 Å². The van der Waals surface area contributed by atoms with Crippen molar-refractivity contribution in [2.24, 2.45) is 0 Å². The number of hydrogen-bond acceptors (Lipinski definition) is 7. The molecule has 0 bridgehead atoms. The molecule has 3 rings (SSSR count). The van der Waals surface area contributed by atoms with Gasteiger partial charge in [0.2, 0.25) is 11.8 Å². The molecule has 0 radical (unpaired) electrons. The van der Waals surface area contributed by atoms with Gasteiger partial charge >= 0.3 is 6.18 Å². The van der Waals surface area contributed by atoms with Crippen LogP contribution in [0.2, 0.25) is 0 Å². The van der Waals surface area contributed by atoms with Crippen LogP contribution in [0.25, 0.3) is 0 Å². The molecule has 0 saturated carbocycles. The van der Waals surface area contributed by atoms with Gasteiger partial charge in [0.1, 0.15) is 18.8 Å². The summed E-state index contributed by atoms with van der Waals surface area (Å²) in [6.45, 7) is 0.966. The number of allylic oxidation sites excluding steroid dienone is 1. The first-order valence-electron chi connectivity index (χ1n) is 11.3. The van der Waals surface area contributed by atoms with E-state index >= 15 is 0 Å². The molecule has 0 spiro atoms. The van der Waals surface area contributed by atoms with Crippen LogP contribution in [0.4, 0.5) is 13.2 Å². The Labute approximate surface area is 205 Å². The number of rotatable bonds is 10. The minimum Gasteiger partial charge on any atom is -0.493 e. The SMILES string of the molecule is C=CCCC(=O)N(CC(F)(F)F)C1C=C(C(=O)NCCO)C2c3cc(CO)cc(OC)c3OC2C1O. The Morgan fingerprint density at radius 1 is 1.31 bits per heavy atom. The van der Waals surface area contributed by atoms with Gasteiger partial charge in [-0.3, -0.25) is 9.59 Å². The summed E-state index contributed by atoms with van der Waals surface area (Å²) in [6.07, 6.45) is -5.24. The molecule has 4 unspecified atom stereocenters. The number of amides is 2. The Morgan fingerprint density at radius 3 is 2.61 bits per heavy atom. The van der Waals surface area contributed by atoms with Crippen LogP contribution >= 0.6 is 0 Å². The minimum absolute atomic E-state index is 0.0386. The number of carbonyl (C=O) groups is 2. The molecule has 0 fully saturated rings. The summed E-state index contributed by atoms with van der Waals surface area (Å²) < 4.78 is 51.7. The van der Waals surface area contributed by atoms with E-state index in [1.807, 2.05) is 0 Å². The molecule has 2 amide bonds. The maximum atomic E-state index is 13.5. The molecule has 0 saturated heterocycles. The molecule has 2 aliphatic rings. The number of ether oxygens (including phenoxy) is 2. The minimum atomic E-state index is -4.77. The van der Waals surface area contributed by atoms with Crippen molar-refractivity contribution in [3.8, 4) is 11.5 Å². The topological polar surface area (TPSA) is 129 Å². The number of carbonyl (C=O) groups excluding carboxylic acids is 2. The number of hydrogen-bond donors (Lipinski definition) is 4. The van der Waals surface area contributed by atoms with Crippen LogP contribution < -0.4 is 14.8 Å². The summed E-state index contributed by atoms with van der Waals surface area (Å²) in [5.41, 5.74) is 0.787. The van der Waals surface area contributed by atoms with Crippen LogP contribution in [0.15, 0.2) is 36.4 Å². The van der Waals surface area contributed by atoms with Crippen molar-refractivity contribution < 1.29 is 47.6 Å². The molecule has 4 N–H and O–H groups in total. The highest BCUT2D eigenvalue weighted by Crippen LogP contribution is 2.51. The standard InChI is InChI=1S/C24H29F3N2O7/c1-3-4-5-18(32)29(12-24(25,26)27)16-10-15(23(34)28-6-7-30)19-14-8-13(11-31)9-17(35-2)21(14)36-22(19)20(16)33/h3,8-10,16,19-20,22,30-31,33H,1,4-7,11-12H2,2H3,(H,28,34). The van der Waals surface area contributed by atoms with E-state index in [4.69, 9.17) is 14.6 Å². The number of benzene rings is 1. The van der Waals surface area contributed by atoms with Crippen molar-refractivity contribution in [1.29, 1.82) is 0 Å². The summed E-state index contributed by atoms with van der Waals surface area (Å²) in [7, 11) is 1.36. The largest absolute Gasteiger partial charge is 0.493 e. The normalized spacial score (nSPS) is 22.6. The van der Waals surface area contributed by atoms with Crippen molar-refractivity contribution in [3.63, 3.8) is 0 Å². The van der Waals surface area contributed by atoms with Gasteiger partial charge in [-0.25, -0.2) is 0 Å². The van der Waals surface area contributed by atoms with Crippen molar-refractivity contribution in [3.05, 3.63) is 47.6 Å². The third-order valence-electron chi connectivity index (χ3n) is 6.09. The van der Waals surface area contributed by atoms with Gasteiger partial charge in [-0.2, -0.15) is 13.2 Å². The van der Waals surface area contributed by atoms with Gasteiger partial charge in [0.15, 0.2) is 11.5 Å². The average molecular weight is 514 g/mol. The molecular formula is C24H29F3N2O7. The number of nitrogens with one attached hydrogen (secondary N) is 1. The molecule has 1 aromatic rings. The molecule has 1 aromatic carbocycles. The molecule has 12 heteroatoms. The number of alkyl halides is 3. The fourth-order valence-corrected chi connectivity index (χ4v) is 4.54. The zero-order chi connectivity index (χ0) is 26.6. The lowest BCUT2D eigenvalue weighted by Crippen LogP contribution is -2.57. The first-order valence-corrected chi connectivity index (χ1v) is 11.3. The third-order valence-corrected chi connectivity index (χ3v) is 6.09. The van der Waals surface area contributed by atoms with Gasteiger partial charge < -0.3 is 35.0 Å². The Hall–Kier alpha value is -3.09. The highest BCUT2D eigenvalue weighted by atomic mass is 19.4. The van der Waals surface area contributed by atoms with Crippen molar-refractivity contribution >= 4 is 11.8 Å². The van der Waals surface area contributed by atoms with E-state index in [2.05, 4.69) is 11.9 Å². The molecule has 36 heavy (non-hydrogen) atoms. The molecule has 9 nitrogen and oxygen atoms in total. The molecule has 4 atom stereocenters. The van der Waals surface area contributed by atoms with Gasteiger partial charge in [0.25, 0.3) is 0 Å². The Kier molecular flexibility index (Phi) is 8.64. The number of halogens is 3. The number of aliphatic hydroxyl groups is 3. The van der Waals surface area contributed by atoms with Gasteiger partial charge in [-0.05, 0) is 30.2 Å². The van der Waals surface area contributed by atoms with Crippen molar-refractivity contribution in [2.75, 3.05) is 26.8 Å². The van der Waals surface area contributed by atoms with E-state index in [0.717, 1.165) is 6.08 Å². The first kappa shape index (κ1) is 27.5. The van der Waals surface area contributed by atoms with Gasteiger partial charge in [0.05, 0.1) is 32.3 Å². The smallest absolute Gasteiger partial charge is 0.406 e. The fourth-order valence-electron chi connectivity index (χ4n) is 4.54. The summed E-state index contributed by atoms with van der Waals surface area (Å²) in [5.74, 6) is -2.13. The highest BCUT2D eigenvalue weighted by molar-refractivity contribution is 5.96. The first-order chi connectivity index (χ1) is 17.1. The average Bonchev–Trinajstić information content (AvgIpc) is 3.23. The Morgan fingerprint density at radius 2 is 2.03 bits per heavy atom. The second kappa shape index (κ2) is 11.3.